The Kier molecular flexibility index (Phi) is 3.42. The van der Waals surface area contributed by atoms with Crippen LogP contribution in [0.5, 0.6) is 0 Å². The van der Waals surface area contributed by atoms with E-state index in [2.05, 4.69) is 27.8 Å². The Balaban J connectivity index is 2.10. The van der Waals surface area contributed by atoms with E-state index < -0.39 is 30.1 Å². The number of nitrogens with two attached hydrogens (primary N) is 1. The highest BCUT2D eigenvalue weighted by Crippen LogP contribution is 2.42. The highest BCUT2D eigenvalue weighted by atomic mass is 16.6. The molecule has 5 atom stereocenters. The van der Waals surface area contributed by atoms with Gasteiger partial charge in [-0.2, -0.15) is 4.99 Å². The highest BCUT2D eigenvalue weighted by molar-refractivity contribution is 5.93. The molecule has 6 N–H and O–H groups in total. The standard InChI is InChI=1S/C14H17N5O4/c1-4-14(22)10(21)9(7(3)20)23-12(14)19-5-16-8-6(2)17-13(15)18-11(8)19/h1,5,7,9-10,12,20-22H,2H2,3H3,(H3,15,17,18)/t7-,9?,10?,12-,14-/m1/s1. The van der Waals surface area contributed by atoms with Gasteiger partial charge in [-0.1, -0.05) is 12.5 Å². The van der Waals surface area contributed by atoms with Crippen molar-refractivity contribution in [2.24, 2.45) is 10.7 Å². The predicted octanol–water partition coefficient (Wildman–Crippen LogP) is -1.59. The number of hydrogen-bond donors (Lipinski definition) is 5. The molecule has 0 amide bonds. The van der Waals surface area contributed by atoms with Crippen molar-refractivity contribution in [1.82, 2.24) is 14.9 Å². The van der Waals surface area contributed by atoms with Crippen LogP contribution >= 0.6 is 0 Å². The zero-order valence-corrected chi connectivity index (χ0v) is 12.3. The maximum atomic E-state index is 10.7. The van der Waals surface area contributed by atoms with E-state index in [1.165, 1.54) is 17.8 Å². The second kappa shape index (κ2) is 5.07. The van der Waals surface area contributed by atoms with Crippen molar-refractivity contribution in [3.8, 4) is 12.3 Å². The van der Waals surface area contributed by atoms with E-state index >= 15 is 0 Å². The van der Waals surface area contributed by atoms with Crippen molar-refractivity contribution in [2.75, 3.05) is 0 Å². The SMILES string of the molecule is C#C[C@@]1(O)C(O)C([C@@H](C)O)O[C@H]1n1cnc2c1N=C(N)NC2=C. The molecule has 3 heterocycles. The highest BCUT2D eigenvalue weighted by Gasteiger charge is 2.57. The molecule has 0 spiro atoms. The van der Waals surface area contributed by atoms with Crippen LogP contribution < -0.4 is 11.1 Å². The average Bonchev–Trinajstić information content (AvgIpc) is 3.00. The van der Waals surface area contributed by atoms with Crippen LogP contribution in [0.2, 0.25) is 0 Å². The third-order valence-electron chi connectivity index (χ3n) is 3.94. The summed E-state index contributed by atoms with van der Waals surface area (Å²) in [7, 11) is 0. The number of hydrogen-bond acceptors (Lipinski definition) is 8. The minimum absolute atomic E-state index is 0.0964. The molecule has 1 aromatic rings. The topological polar surface area (TPSA) is 138 Å². The molecule has 2 unspecified atom stereocenters. The summed E-state index contributed by atoms with van der Waals surface area (Å²) in [6.45, 7) is 5.21. The number of terminal acetylenes is 1. The molecule has 1 fully saturated rings. The largest absolute Gasteiger partial charge is 0.391 e. The quantitative estimate of drug-likeness (QED) is 0.414. The summed E-state index contributed by atoms with van der Waals surface area (Å²) in [4.78, 5) is 8.26. The zero-order valence-electron chi connectivity index (χ0n) is 12.3. The number of nitrogens with zero attached hydrogens (tertiary/aromatic N) is 3. The molecule has 9 nitrogen and oxygen atoms in total. The minimum Gasteiger partial charge on any atom is -0.391 e. The molecule has 3 rings (SSSR count). The van der Waals surface area contributed by atoms with Crippen LogP contribution in [-0.4, -0.2) is 54.7 Å². The lowest BCUT2D eigenvalue weighted by molar-refractivity contribution is -0.0855. The van der Waals surface area contributed by atoms with Gasteiger partial charge in [0.25, 0.3) is 0 Å². The molecule has 122 valence electrons. The Morgan fingerprint density at radius 1 is 1.65 bits per heavy atom. The molecular formula is C14H17N5O4. The van der Waals surface area contributed by atoms with Gasteiger partial charge in [0.05, 0.1) is 18.1 Å². The first-order chi connectivity index (χ1) is 10.8. The summed E-state index contributed by atoms with van der Waals surface area (Å²) in [5.41, 5.74) is 4.46. The lowest BCUT2D eigenvalue weighted by atomic mass is 9.93. The van der Waals surface area contributed by atoms with Crippen molar-refractivity contribution >= 4 is 17.5 Å². The molecule has 9 heteroatoms. The van der Waals surface area contributed by atoms with E-state index in [1.807, 2.05) is 0 Å². The number of fused-ring (bicyclic) bond motifs is 1. The zero-order chi connectivity index (χ0) is 16.9. The molecule has 2 aliphatic rings. The van der Waals surface area contributed by atoms with Gasteiger partial charge in [0, 0.05) is 0 Å². The smallest absolute Gasteiger partial charge is 0.199 e. The van der Waals surface area contributed by atoms with Crippen molar-refractivity contribution in [2.45, 2.75) is 37.1 Å². The van der Waals surface area contributed by atoms with Crippen LogP contribution in [0.15, 0.2) is 17.9 Å². The Bertz CT molecular complexity index is 734. The van der Waals surface area contributed by atoms with Gasteiger partial charge >= 0.3 is 0 Å². The number of guanidine groups is 1. The summed E-state index contributed by atoms with van der Waals surface area (Å²) in [5, 5.41) is 33.4. The average molecular weight is 319 g/mol. The van der Waals surface area contributed by atoms with Crippen LogP contribution in [0, 0.1) is 12.3 Å². The van der Waals surface area contributed by atoms with Gasteiger partial charge in [-0.3, -0.25) is 4.57 Å². The maximum Gasteiger partial charge on any atom is 0.199 e. The monoisotopic (exact) mass is 319 g/mol. The van der Waals surface area contributed by atoms with E-state index in [9.17, 15) is 15.3 Å². The fraction of sp³-hybridized carbons (Fsp3) is 0.429. The summed E-state index contributed by atoms with van der Waals surface area (Å²) < 4.78 is 6.95. The molecule has 1 saturated heterocycles. The van der Waals surface area contributed by atoms with Gasteiger partial charge in [-0.15, -0.1) is 6.42 Å². The molecule has 0 saturated carbocycles. The lowest BCUT2D eigenvalue weighted by Crippen LogP contribution is -2.47. The lowest BCUT2D eigenvalue weighted by Gasteiger charge is -2.27. The van der Waals surface area contributed by atoms with Gasteiger partial charge in [-0.05, 0) is 6.92 Å². The number of nitrogens with one attached hydrogen (secondary N) is 1. The molecule has 0 aromatic carbocycles. The van der Waals surface area contributed by atoms with E-state index in [4.69, 9.17) is 16.9 Å². The van der Waals surface area contributed by atoms with E-state index in [0.29, 0.717) is 11.4 Å². The third kappa shape index (κ3) is 2.12. The first kappa shape index (κ1) is 15.5. The van der Waals surface area contributed by atoms with Crippen molar-refractivity contribution in [3.63, 3.8) is 0 Å². The number of aliphatic hydroxyl groups excluding tert-OH is 2. The number of imidazole rings is 1. The number of rotatable bonds is 2. The number of aliphatic imine (C=N–C) groups is 1. The van der Waals surface area contributed by atoms with Gasteiger partial charge in [-0.25, -0.2) is 4.98 Å². The first-order valence-corrected chi connectivity index (χ1v) is 6.88. The summed E-state index contributed by atoms with van der Waals surface area (Å²) >= 11 is 0. The summed E-state index contributed by atoms with van der Waals surface area (Å²) in [6, 6.07) is 0. The number of ether oxygens (including phenoxy) is 1. The molecule has 0 bridgehead atoms. The molecular weight excluding hydrogens is 302 g/mol. The van der Waals surface area contributed by atoms with E-state index in [0.717, 1.165) is 0 Å². The Morgan fingerprint density at radius 3 is 2.96 bits per heavy atom. The Morgan fingerprint density at radius 2 is 2.35 bits per heavy atom. The van der Waals surface area contributed by atoms with E-state index in [1.54, 1.807) is 0 Å². The second-order valence-electron chi connectivity index (χ2n) is 5.53. The van der Waals surface area contributed by atoms with Crippen molar-refractivity contribution in [3.05, 3.63) is 18.6 Å². The molecule has 23 heavy (non-hydrogen) atoms. The minimum atomic E-state index is -2.06. The molecule has 1 aromatic heterocycles. The van der Waals surface area contributed by atoms with Crippen molar-refractivity contribution < 1.29 is 20.1 Å². The van der Waals surface area contributed by atoms with Gasteiger partial charge in [0.15, 0.2) is 23.6 Å². The van der Waals surface area contributed by atoms with E-state index in [-0.39, 0.29) is 11.8 Å². The predicted molar refractivity (Wildman–Crippen MR) is 81.1 cm³/mol. The van der Waals surface area contributed by atoms with Crippen molar-refractivity contribution in [1.29, 1.82) is 0 Å². The first-order valence-electron chi connectivity index (χ1n) is 6.88. The Labute approximate surface area is 132 Å². The van der Waals surface area contributed by atoms with Gasteiger partial charge < -0.3 is 31.1 Å². The second-order valence-corrected chi connectivity index (χ2v) is 5.53. The van der Waals surface area contributed by atoms with Gasteiger partial charge in [0.1, 0.15) is 17.9 Å². The van der Waals surface area contributed by atoms with Crippen LogP contribution in [-0.2, 0) is 4.74 Å². The number of aromatic nitrogens is 2. The third-order valence-corrected chi connectivity index (χ3v) is 3.94. The summed E-state index contributed by atoms with van der Waals surface area (Å²) in [6.07, 6.45) is 1.97. The molecule has 0 aliphatic carbocycles. The molecule has 0 radical (unpaired) electrons. The van der Waals surface area contributed by atoms with Gasteiger partial charge in [0.2, 0.25) is 0 Å². The van der Waals surface area contributed by atoms with Crippen LogP contribution in [0.4, 0.5) is 5.82 Å². The molecule has 2 aliphatic heterocycles. The maximum absolute atomic E-state index is 10.7. The normalized spacial score (nSPS) is 34.3. The number of aliphatic hydroxyl groups is 3. The fourth-order valence-corrected chi connectivity index (χ4v) is 2.74. The van der Waals surface area contributed by atoms with Crippen LogP contribution in [0.3, 0.4) is 0 Å². The van der Waals surface area contributed by atoms with Crippen LogP contribution in [0.25, 0.3) is 5.70 Å². The summed E-state index contributed by atoms with van der Waals surface area (Å²) in [5.74, 6) is 2.52. The van der Waals surface area contributed by atoms with Crippen LogP contribution in [0.1, 0.15) is 18.8 Å². The fourth-order valence-electron chi connectivity index (χ4n) is 2.74. The Hall–Kier alpha value is -2.38.